The lowest BCUT2D eigenvalue weighted by Crippen LogP contribution is -2.40. The maximum absolute atomic E-state index is 12.3. The van der Waals surface area contributed by atoms with Crippen LogP contribution in [0.3, 0.4) is 0 Å². The Hall–Kier alpha value is -0.590. The van der Waals surface area contributed by atoms with Crippen LogP contribution in [0.2, 0.25) is 0 Å². The molecular weight excluding hydrogens is 353 g/mol. The molecule has 0 saturated heterocycles. The number of aryl methyl sites for hydroxylation is 1. The zero-order chi connectivity index (χ0) is 13.6. The van der Waals surface area contributed by atoms with Gasteiger partial charge in [0.15, 0.2) is 5.69 Å². The molecule has 1 aromatic heterocycles. The predicted molar refractivity (Wildman–Crippen MR) is 81.8 cm³/mol. The number of carbonyl (C=O) groups excluding carboxylic acids is 1. The van der Waals surface area contributed by atoms with Crippen LogP contribution in [0.4, 0.5) is 0 Å². The Kier molecular flexibility index (Phi) is 3.57. The van der Waals surface area contributed by atoms with E-state index in [9.17, 15) is 4.79 Å². The summed E-state index contributed by atoms with van der Waals surface area (Å²) in [4.78, 5) is 12.3. The van der Waals surface area contributed by atoms with E-state index in [1.54, 1.807) is 4.68 Å². The SMILES string of the molecule is C[C@@H](NC(=O)c1nn(C)cc1I)[C@H]1C[C@@H]2CC[C@@H]1C2. The number of hydrogen-bond donors (Lipinski definition) is 1. The molecule has 1 N–H and O–H groups in total. The van der Waals surface area contributed by atoms with Crippen molar-refractivity contribution in [3.05, 3.63) is 15.5 Å². The third kappa shape index (κ3) is 2.53. The van der Waals surface area contributed by atoms with Gasteiger partial charge in [-0.05, 0) is 66.5 Å². The van der Waals surface area contributed by atoms with Gasteiger partial charge in [-0.3, -0.25) is 9.48 Å². The maximum atomic E-state index is 12.3. The Morgan fingerprint density at radius 2 is 2.32 bits per heavy atom. The van der Waals surface area contributed by atoms with Crippen LogP contribution in [0.15, 0.2) is 6.20 Å². The molecule has 0 aliphatic heterocycles. The van der Waals surface area contributed by atoms with Crippen molar-refractivity contribution >= 4 is 28.5 Å². The molecule has 1 amide bonds. The molecule has 104 valence electrons. The number of rotatable bonds is 3. The average molecular weight is 373 g/mol. The Bertz CT molecular complexity index is 499. The molecule has 1 aromatic rings. The number of nitrogens with zero attached hydrogens (tertiary/aromatic N) is 2. The summed E-state index contributed by atoms with van der Waals surface area (Å²) >= 11 is 2.17. The second kappa shape index (κ2) is 5.07. The first-order chi connectivity index (χ1) is 9.04. The van der Waals surface area contributed by atoms with Gasteiger partial charge in [-0.2, -0.15) is 5.10 Å². The summed E-state index contributed by atoms with van der Waals surface area (Å²) in [7, 11) is 1.85. The number of amides is 1. The first-order valence-electron chi connectivity index (χ1n) is 7.04. The fourth-order valence-corrected chi connectivity index (χ4v) is 4.66. The minimum Gasteiger partial charge on any atom is -0.348 e. The van der Waals surface area contributed by atoms with Crippen molar-refractivity contribution in [2.24, 2.45) is 24.8 Å². The number of aromatic nitrogens is 2. The van der Waals surface area contributed by atoms with Crippen molar-refractivity contribution in [2.45, 2.75) is 38.6 Å². The van der Waals surface area contributed by atoms with Crippen LogP contribution in [-0.2, 0) is 7.05 Å². The number of halogens is 1. The monoisotopic (exact) mass is 373 g/mol. The van der Waals surface area contributed by atoms with E-state index in [2.05, 4.69) is 39.9 Å². The maximum Gasteiger partial charge on any atom is 0.273 e. The van der Waals surface area contributed by atoms with Crippen molar-refractivity contribution in [3.63, 3.8) is 0 Å². The second-order valence-electron chi connectivity index (χ2n) is 6.10. The van der Waals surface area contributed by atoms with Crippen LogP contribution < -0.4 is 5.32 Å². The molecule has 2 aliphatic rings. The molecule has 0 unspecified atom stereocenters. The van der Waals surface area contributed by atoms with Gasteiger partial charge in [0.05, 0.1) is 3.57 Å². The van der Waals surface area contributed by atoms with Crippen molar-refractivity contribution in [1.29, 1.82) is 0 Å². The van der Waals surface area contributed by atoms with Gasteiger partial charge in [-0.25, -0.2) is 0 Å². The summed E-state index contributed by atoms with van der Waals surface area (Å²) < 4.78 is 2.61. The van der Waals surface area contributed by atoms with E-state index in [0.29, 0.717) is 11.6 Å². The van der Waals surface area contributed by atoms with Crippen LogP contribution in [0.5, 0.6) is 0 Å². The number of fused-ring (bicyclic) bond motifs is 2. The lowest BCUT2D eigenvalue weighted by molar-refractivity contribution is 0.0908. The summed E-state index contributed by atoms with van der Waals surface area (Å²) in [5, 5.41) is 7.39. The Morgan fingerprint density at radius 3 is 2.84 bits per heavy atom. The zero-order valence-corrected chi connectivity index (χ0v) is 13.6. The van der Waals surface area contributed by atoms with Crippen molar-refractivity contribution < 1.29 is 4.79 Å². The summed E-state index contributed by atoms with van der Waals surface area (Å²) in [5.41, 5.74) is 0.554. The molecule has 1 heterocycles. The normalized spacial score (nSPS) is 30.6. The van der Waals surface area contributed by atoms with Gasteiger partial charge in [0, 0.05) is 19.3 Å². The number of nitrogens with one attached hydrogen (secondary N) is 1. The van der Waals surface area contributed by atoms with Crippen LogP contribution in [0.1, 0.15) is 43.1 Å². The van der Waals surface area contributed by atoms with Crippen molar-refractivity contribution in [3.8, 4) is 0 Å². The molecule has 5 heteroatoms. The van der Waals surface area contributed by atoms with Crippen LogP contribution in [-0.4, -0.2) is 21.7 Å². The van der Waals surface area contributed by atoms with E-state index in [-0.39, 0.29) is 11.9 Å². The fourth-order valence-electron chi connectivity index (χ4n) is 3.90. The van der Waals surface area contributed by atoms with Crippen LogP contribution in [0, 0.1) is 21.3 Å². The molecule has 4 atom stereocenters. The third-order valence-electron chi connectivity index (χ3n) is 4.79. The molecule has 2 bridgehead atoms. The van der Waals surface area contributed by atoms with E-state index in [1.807, 2.05) is 13.2 Å². The van der Waals surface area contributed by atoms with Gasteiger partial charge in [0.2, 0.25) is 0 Å². The third-order valence-corrected chi connectivity index (χ3v) is 5.58. The molecule has 3 rings (SSSR count). The van der Waals surface area contributed by atoms with Gasteiger partial charge in [0.25, 0.3) is 5.91 Å². The summed E-state index contributed by atoms with van der Waals surface area (Å²) in [6.07, 6.45) is 7.31. The zero-order valence-electron chi connectivity index (χ0n) is 11.4. The molecule has 0 spiro atoms. The topological polar surface area (TPSA) is 46.9 Å². The van der Waals surface area contributed by atoms with E-state index >= 15 is 0 Å². The minimum absolute atomic E-state index is 0.0275. The molecular formula is C14H20IN3O. The molecule has 4 nitrogen and oxygen atoms in total. The Morgan fingerprint density at radius 1 is 1.53 bits per heavy atom. The minimum atomic E-state index is -0.0275. The molecule has 2 saturated carbocycles. The van der Waals surface area contributed by atoms with E-state index in [4.69, 9.17) is 0 Å². The van der Waals surface area contributed by atoms with Crippen LogP contribution >= 0.6 is 22.6 Å². The molecule has 2 fully saturated rings. The lowest BCUT2D eigenvalue weighted by Gasteiger charge is -2.28. The van der Waals surface area contributed by atoms with Gasteiger partial charge in [0.1, 0.15) is 0 Å². The van der Waals surface area contributed by atoms with Gasteiger partial charge in [-0.15, -0.1) is 0 Å². The van der Waals surface area contributed by atoms with Crippen LogP contribution in [0.25, 0.3) is 0 Å². The standard InChI is InChI=1S/C14H20IN3O/c1-8(11-6-9-3-4-10(11)5-9)16-14(19)13-12(15)7-18(2)17-13/h7-11H,3-6H2,1-2H3,(H,16,19)/t8-,9-,10-,11-/m1/s1. The number of carbonyl (C=O) groups is 1. The Labute approximate surface area is 127 Å². The molecule has 2 aliphatic carbocycles. The Balaban J connectivity index is 1.65. The van der Waals surface area contributed by atoms with E-state index in [0.717, 1.165) is 15.4 Å². The summed E-state index contributed by atoms with van der Waals surface area (Å²) in [6, 6.07) is 0.264. The molecule has 0 radical (unpaired) electrons. The fraction of sp³-hybridized carbons (Fsp3) is 0.714. The first kappa shape index (κ1) is 13.4. The van der Waals surface area contributed by atoms with Crippen molar-refractivity contribution in [2.75, 3.05) is 0 Å². The highest BCUT2D eigenvalue weighted by atomic mass is 127. The smallest absolute Gasteiger partial charge is 0.273 e. The quantitative estimate of drug-likeness (QED) is 0.828. The summed E-state index contributed by atoms with van der Waals surface area (Å²) in [6.45, 7) is 2.15. The highest BCUT2D eigenvalue weighted by molar-refractivity contribution is 14.1. The van der Waals surface area contributed by atoms with Gasteiger partial charge >= 0.3 is 0 Å². The van der Waals surface area contributed by atoms with E-state index < -0.39 is 0 Å². The predicted octanol–water partition coefficient (Wildman–Crippen LogP) is 2.58. The van der Waals surface area contributed by atoms with Crippen molar-refractivity contribution in [1.82, 2.24) is 15.1 Å². The highest BCUT2D eigenvalue weighted by Crippen LogP contribution is 2.49. The second-order valence-corrected chi connectivity index (χ2v) is 7.26. The number of hydrogen-bond acceptors (Lipinski definition) is 2. The molecule has 0 aromatic carbocycles. The largest absolute Gasteiger partial charge is 0.348 e. The van der Waals surface area contributed by atoms with Gasteiger partial charge < -0.3 is 5.32 Å². The average Bonchev–Trinajstić information content (AvgIpc) is 3.03. The summed E-state index contributed by atoms with van der Waals surface area (Å²) in [5.74, 6) is 2.40. The van der Waals surface area contributed by atoms with Gasteiger partial charge in [-0.1, -0.05) is 6.42 Å². The van der Waals surface area contributed by atoms with E-state index in [1.165, 1.54) is 25.7 Å². The molecule has 19 heavy (non-hydrogen) atoms. The highest BCUT2D eigenvalue weighted by Gasteiger charge is 2.42. The lowest BCUT2D eigenvalue weighted by atomic mass is 9.84. The first-order valence-corrected chi connectivity index (χ1v) is 8.12.